The number of likely N-dealkylation sites (N-methyl/N-ethyl adjacent to an activating group) is 1. The van der Waals surface area contributed by atoms with Crippen LogP contribution in [0.4, 0.5) is 0 Å². The maximum atomic E-state index is 4.46. The minimum absolute atomic E-state index is 0.492. The lowest BCUT2D eigenvalue weighted by molar-refractivity contribution is -0.0843. The molecule has 1 unspecified atom stereocenters. The minimum atomic E-state index is 0.492. The molecule has 4 nitrogen and oxygen atoms in total. The second kappa shape index (κ2) is 4.30. The summed E-state index contributed by atoms with van der Waals surface area (Å²) >= 11 is 0. The molecule has 4 aliphatic carbocycles. The van der Waals surface area contributed by atoms with Crippen LogP contribution in [0.25, 0.3) is 0 Å². The molecule has 5 rings (SSSR count). The molecule has 0 spiro atoms. The highest BCUT2D eigenvalue weighted by molar-refractivity contribution is 5.05. The van der Waals surface area contributed by atoms with Crippen molar-refractivity contribution < 1.29 is 0 Å². The topological polar surface area (TPSA) is 42.7 Å². The lowest BCUT2D eigenvalue weighted by atomic mass is 9.47. The van der Waals surface area contributed by atoms with Crippen molar-refractivity contribution in [3.8, 4) is 0 Å². The first-order chi connectivity index (χ1) is 9.29. The highest BCUT2D eigenvalue weighted by atomic mass is 15.3. The van der Waals surface area contributed by atoms with Crippen LogP contribution < -0.4 is 5.32 Å². The molecule has 0 amide bonds. The molecule has 0 aliphatic heterocycles. The van der Waals surface area contributed by atoms with E-state index < -0.39 is 0 Å². The van der Waals surface area contributed by atoms with Crippen LogP contribution >= 0.6 is 0 Å². The molecular formula is C15H24N4. The van der Waals surface area contributed by atoms with E-state index in [4.69, 9.17) is 0 Å². The van der Waals surface area contributed by atoms with Gasteiger partial charge in [0.2, 0.25) is 0 Å². The van der Waals surface area contributed by atoms with E-state index in [2.05, 4.69) is 27.1 Å². The van der Waals surface area contributed by atoms with Gasteiger partial charge in [-0.2, -0.15) is 5.10 Å². The van der Waals surface area contributed by atoms with E-state index >= 15 is 0 Å². The second-order valence-corrected chi connectivity index (χ2v) is 7.23. The Labute approximate surface area is 115 Å². The molecule has 1 heterocycles. The number of hydrogen-bond acceptors (Lipinski definition) is 3. The van der Waals surface area contributed by atoms with Crippen molar-refractivity contribution in [2.24, 2.45) is 23.2 Å². The third-order valence-electron chi connectivity index (χ3n) is 5.95. The third kappa shape index (κ3) is 1.83. The van der Waals surface area contributed by atoms with Crippen molar-refractivity contribution in [1.29, 1.82) is 0 Å². The van der Waals surface area contributed by atoms with E-state index in [1.54, 1.807) is 6.33 Å². The molecule has 1 aromatic rings. The first-order valence-corrected chi connectivity index (χ1v) is 7.78. The van der Waals surface area contributed by atoms with Gasteiger partial charge in [0.25, 0.3) is 0 Å². The zero-order valence-electron chi connectivity index (χ0n) is 11.8. The maximum Gasteiger partial charge on any atom is 0.137 e. The quantitative estimate of drug-likeness (QED) is 0.903. The Bertz CT molecular complexity index is 404. The number of nitrogens with zero attached hydrogens (tertiary/aromatic N) is 3. The van der Waals surface area contributed by atoms with Crippen LogP contribution in [0.2, 0.25) is 0 Å². The molecule has 19 heavy (non-hydrogen) atoms. The van der Waals surface area contributed by atoms with E-state index in [9.17, 15) is 0 Å². The predicted octanol–water partition coefficient (Wildman–Crippen LogP) is 2.25. The second-order valence-electron chi connectivity index (χ2n) is 7.23. The fourth-order valence-corrected chi connectivity index (χ4v) is 5.75. The summed E-state index contributed by atoms with van der Waals surface area (Å²) in [6.07, 6.45) is 12.4. The van der Waals surface area contributed by atoms with Gasteiger partial charge in [-0.15, -0.1) is 0 Å². The fraction of sp³-hybridized carbons (Fsp3) is 0.867. The molecule has 4 aliphatic rings. The van der Waals surface area contributed by atoms with Crippen molar-refractivity contribution in [2.45, 2.75) is 44.6 Å². The summed E-state index contributed by atoms with van der Waals surface area (Å²) in [6, 6.07) is 0.494. The largest absolute Gasteiger partial charge is 0.318 e. The zero-order valence-corrected chi connectivity index (χ0v) is 11.8. The maximum absolute atomic E-state index is 4.46. The van der Waals surface area contributed by atoms with Gasteiger partial charge in [0.1, 0.15) is 12.7 Å². The van der Waals surface area contributed by atoms with Gasteiger partial charge in [0.15, 0.2) is 0 Å². The zero-order chi connectivity index (χ0) is 12.9. The predicted molar refractivity (Wildman–Crippen MR) is 73.6 cm³/mol. The summed E-state index contributed by atoms with van der Waals surface area (Å²) in [5.41, 5.74) is 0.492. The van der Waals surface area contributed by atoms with E-state index in [1.165, 1.54) is 38.5 Å². The van der Waals surface area contributed by atoms with Gasteiger partial charge in [-0.3, -0.25) is 0 Å². The molecule has 0 radical (unpaired) electrons. The molecule has 104 valence electrons. The third-order valence-corrected chi connectivity index (χ3v) is 5.95. The minimum Gasteiger partial charge on any atom is -0.318 e. The van der Waals surface area contributed by atoms with Crippen LogP contribution in [0.3, 0.4) is 0 Å². The van der Waals surface area contributed by atoms with Crippen molar-refractivity contribution in [3.05, 3.63) is 12.7 Å². The van der Waals surface area contributed by atoms with Crippen molar-refractivity contribution in [3.63, 3.8) is 0 Å². The van der Waals surface area contributed by atoms with Crippen molar-refractivity contribution in [2.75, 3.05) is 13.6 Å². The summed E-state index contributed by atoms with van der Waals surface area (Å²) in [5.74, 6) is 2.98. The van der Waals surface area contributed by atoms with E-state index in [1.807, 2.05) is 6.33 Å². The SMILES string of the molecule is CNCC(n1cncn1)C12CC3CC(CC(C3)C1)C2. The highest BCUT2D eigenvalue weighted by Gasteiger charge is 2.54. The van der Waals surface area contributed by atoms with Gasteiger partial charge in [-0.1, -0.05) is 0 Å². The molecule has 1 atom stereocenters. The lowest BCUT2D eigenvalue weighted by Crippen LogP contribution is -2.52. The normalized spacial score (nSPS) is 41.6. The van der Waals surface area contributed by atoms with Crippen LogP contribution in [0.15, 0.2) is 12.7 Å². The van der Waals surface area contributed by atoms with Crippen LogP contribution in [0.5, 0.6) is 0 Å². The van der Waals surface area contributed by atoms with Gasteiger partial charge >= 0.3 is 0 Å². The van der Waals surface area contributed by atoms with Crippen molar-refractivity contribution in [1.82, 2.24) is 20.1 Å². The molecule has 0 aromatic carbocycles. The van der Waals surface area contributed by atoms with Gasteiger partial charge in [0, 0.05) is 6.54 Å². The Balaban J connectivity index is 1.68. The smallest absolute Gasteiger partial charge is 0.137 e. The van der Waals surface area contributed by atoms with Gasteiger partial charge in [0.05, 0.1) is 6.04 Å². The number of hydrogen-bond donors (Lipinski definition) is 1. The van der Waals surface area contributed by atoms with E-state index in [-0.39, 0.29) is 0 Å². The Morgan fingerprint density at radius 3 is 2.32 bits per heavy atom. The summed E-state index contributed by atoms with van der Waals surface area (Å²) in [6.45, 7) is 1.02. The average Bonchev–Trinajstić information content (AvgIpc) is 2.87. The molecule has 1 N–H and O–H groups in total. The Hall–Kier alpha value is -0.900. The summed E-state index contributed by atoms with van der Waals surface area (Å²) < 4.78 is 2.13. The Morgan fingerprint density at radius 1 is 1.21 bits per heavy atom. The van der Waals surface area contributed by atoms with Gasteiger partial charge in [-0.25, -0.2) is 9.67 Å². The van der Waals surface area contributed by atoms with Crippen LogP contribution in [-0.2, 0) is 0 Å². The first kappa shape index (κ1) is 11.9. The molecule has 1 aromatic heterocycles. The van der Waals surface area contributed by atoms with E-state index in [0.717, 1.165) is 24.3 Å². The first-order valence-electron chi connectivity index (χ1n) is 7.78. The monoisotopic (exact) mass is 260 g/mol. The molecule has 4 heteroatoms. The molecule has 4 bridgehead atoms. The summed E-state index contributed by atoms with van der Waals surface area (Å²) in [5, 5.41) is 7.85. The van der Waals surface area contributed by atoms with Crippen molar-refractivity contribution >= 4 is 0 Å². The number of aromatic nitrogens is 3. The lowest BCUT2D eigenvalue weighted by Gasteiger charge is -2.59. The number of rotatable bonds is 4. The van der Waals surface area contributed by atoms with Crippen LogP contribution in [-0.4, -0.2) is 28.4 Å². The summed E-state index contributed by atoms with van der Waals surface area (Å²) in [7, 11) is 2.06. The van der Waals surface area contributed by atoms with Gasteiger partial charge < -0.3 is 5.32 Å². The average molecular weight is 260 g/mol. The fourth-order valence-electron chi connectivity index (χ4n) is 5.75. The standard InChI is InChI=1S/C15H24N4/c1-16-8-14(19-10-17-9-18-19)15-5-11-2-12(6-15)4-13(3-11)7-15/h9-14,16H,2-8H2,1H3. The Kier molecular flexibility index (Phi) is 2.69. The number of nitrogens with one attached hydrogen (secondary N) is 1. The van der Waals surface area contributed by atoms with Crippen LogP contribution in [0.1, 0.15) is 44.6 Å². The molecule has 0 saturated heterocycles. The highest BCUT2D eigenvalue weighted by Crippen LogP contribution is 2.63. The molecular weight excluding hydrogens is 236 g/mol. The summed E-state index contributed by atoms with van der Waals surface area (Å²) in [4.78, 5) is 4.18. The van der Waals surface area contributed by atoms with Crippen LogP contribution in [0, 0.1) is 23.2 Å². The molecule has 4 saturated carbocycles. The molecule has 4 fully saturated rings. The van der Waals surface area contributed by atoms with Gasteiger partial charge in [-0.05, 0) is 68.7 Å². The Morgan fingerprint density at radius 2 is 1.84 bits per heavy atom. The van der Waals surface area contributed by atoms with E-state index in [0.29, 0.717) is 11.5 Å².